The zero-order valence-electron chi connectivity index (χ0n) is 16.6. The zero-order valence-corrected chi connectivity index (χ0v) is 19.0. The number of amides is 1. The number of carbonyl (C=O) groups excluding carboxylic acids is 1. The number of nitrogens with zero attached hydrogens (tertiary/aromatic N) is 3. The van der Waals surface area contributed by atoms with Gasteiger partial charge in [-0.15, -0.1) is 5.10 Å². The quantitative estimate of drug-likeness (QED) is 0.665. The number of benzene rings is 1. The van der Waals surface area contributed by atoms with E-state index in [9.17, 15) is 13.2 Å². The fourth-order valence-corrected chi connectivity index (χ4v) is 7.31. The van der Waals surface area contributed by atoms with Crippen molar-refractivity contribution in [2.24, 2.45) is 17.3 Å². The SMILES string of the molecule is CNS(=O)(=O)c1ccc(NC(=O)C23C[C@H]4C[C@H](C2)CC(n2cnc(Br)n2)(C4)C3)cc1. The van der Waals surface area contributed by atoms with Gasteiger partial charge in [0, 0.05) is 5.69 Å². The first-order valence-corrected chi connectivity index (χ1v) is 12.4. The molecule has 6 rings (SSSR count). The van der Waals surface area contributed by atoms with Crippen molar-refractivity contribution in [3.63, 3.8) is 0 Å². The molecule has 0 aliphatic heterocycles. The van der Waals surface area contributed by atoms with E-state index in [-0.39, 0.29) is 16.3 Å². The predicted molar refractivity (Wildman–Crippen MR) is 114 cm³/mol. The lowest BCUT2D eigenvalue weighted by Gasteiger charge is -2.60. The average molecular weight is 494 g/mol. The molecule has 2 atom stereocenters. The number of sulfonamides is 1. The van der Waals surface area contributed by atoms with Crippen LogP contribution in [-0.2, 0) is 20.4 Å². The molecule has 1 aromatic heterocycles. The molecule has 1 aromatic carbocycles. The van der Waals surface area contributed by atoms with E-state index in [1.54, 1.807) is 18.5 Å². The molecule has 4 fully saturated rings. The number of rotatable bonds is 5. The van der Waals surface area contributed by atoms with Crippen molar-refractivity contribution in [1.82, 2.24) is 19.5 Å². The average Bonchev–Trinajstić information content (AvgIpc) is 3.15. The molecule has 2 N–H and O–H groups in total. The Bertz CT molecular complexity index is 1080. The summed E-state index contributed by atoms with van der Waals surface area (Å²) in [6.07, 6.45) is 7.63. The summed E-state index contributed by atoms with van der Waals surface area (Å²) < 4.78 is 28.7. The van der Waals surface area contributed by atoms with Crippen LogP contribution in [0.1, 0.15) is 38.5 Å². The predicted octanol–water partition coefficient (Wildman–Crippen LogP) is 2.88. The molecule has 4 aliphatic rings. The molecule has 4 aliphatic carbocycles. The standard InChI is InChI=1S/C20H24BrN5O3S/c1-22-30(28,29)16-4-2-15(3-5-16)24-17(27)19-7-13-6-14(8-19)10-20(9-13,11-19)26-12-23-18(21)25-26/h2-5,12-14,22H,6-11H2,1H3,(H,24,27)/t13-,14-,19?,20?/m1/s1. The lowest BCUT2D eigenvalue weighted by atomic mass is 9.46. The monoisotopic (exact) mass is 493 g/mol. The smallest absolute Gasteiger partial charge is 0.240 e. The van der Waals surface area contributed by atoms with E-state index in [0.717, 1.165) is 32.1 Å². The van der Waals surface area contributed by atoms with Crippen molar-refractivity contribution < 1.29 is 13.2 Å². The number of carbonyl (C=O) groups is 1. The summed E-state index contributed by atoms with van der Waals surface area (Å²) in [7, 11) is -2.12. The van der Waals surface area contributed by atoms with E-state index in [1.165, 1.54) is 25.6 Å². The van der Waals surface area contributed by atoms with Crippen LogP contribution in [-0.4, -0.2) is 36.1 Å². The Morgan fingerprint density at radius 3 is 2.40 bits per heavy atom. The maximum absolute atomic E-state index is 13.5. The van der Waals surface area contributed by atoms with Gasteiger partial charge in [0.25, 0.3) is 0 Å². The molecule has 30 heavy (non-hydrogen) atoms. The minimum atomic E-state index is -3.50. The second-order valence-corrected chi connectivity index (χ2v) is 11.7. The summed E-state index contributed by atoms with van der Waals surface area (Å²) in [5.74, 6) is 1.07. The van der Waals surface area contributed by atoms with Crippen LogP contribution in [0.15, 0.2) is 40.2 Å². The van der Waals surface area contributed by atoms with Crippen LogP contribution in [0.3, 0.4) is 0 Å². The number of nitrogens with one attached hydrogen (secondary N) is 2. The van der Waals surface area contributed by atoms with Gasteiger partial charge in [0.2, 0.25) is 20.7 Å². The Balaban J connectivity index is 1.40. The Morgan fingerprint density at radius 1 is 1.17 bits per heavy atom. The first-order valence-electron chi connectivity index (χ1n) is 10.2. The van der Waals surface area contributed by atoms with Crippen molar-refractivity contribution in [2.45, 2.75) is 49.0 Å². The van der Waals surface area contributed by atoms with E-state index >= 15 is 0 Å². The normalized spacial score (nSPS) is 32.3. The molecule has 0 unspecified atom stereocenters. The Labute approximate surface area is 184 Å². The summed E-state index contributed by atoms with van der Waals surface area (Å²) in [4.78, 5) is 17.9. The minimum absolute atomic E-state index is 0.0318. The number of hydrogen-bond acceptors (Lipinski definition) is 5. The molecule has 2 aromatic rings. The first kappa shape index (κ1) is 20.1. The highest BCUT2D eigenvalue weighted by Gasteiger charge is 2.61. The van der Waals surface area contributed by atoms with Crippen LogP contribution in [0.2, 0.25) is 0 Å². The van der Waals surface area contributed by atoms with Gasteiger partial charge in [-0.1, -0.05) is 0 Å². The summed E-state index contributed by atoms with van der Waals surface area (Å²) in [6.45, 7) is 0. The second kappa shape index (κ2) is 6.86. The second-order valence-electron chi connectivity index (χ2n) is 9.11. The van der Waals surface area contributed by atoms with E-state index < -0.39 is 15.4 Å². The van der Waals surface area contributed by atoms with Gasteiger partial charge in [0.1, 0.15) is 6.33 Å². The molecule has 0 radical (unpaired) electrons. The first-order chi connectivity index (χ1) is 14.2. The van der Waals surface area contributed by atoms with Gasteiger partial charge in [0.15, 0.2) is 0 Å². The van der Waals surface area contributed by atoms with Gasteiger partial charge in [-0.25, -0.2) is 22.8 Å². The highest BCUT2D eigenvalue weighted by Crippen LogP contribution is 2.64. The van der Waals surface area contributed by atoms with Gasteiger partial charge >= 0.3 is 0 Å². The molecule has 10 heteroatoms. The summed E-state index contributed by atoms with van der Waals surface area (Å²) in [6, 6.07) is 6.31. The van der Waals surface area contributed by atoms with E-state index in [1.807, 2.05) is 4.68 Å². The van der Waals surface area contributed by atoms with Gasteiger partial charge in [-0.2, -0.15) is 0 Å². The van der Waals surface area contributed by atoms with Crippen molar-refractivity contribution in [1.29, 1.82) is 0 Å². The third kappa shape index (κ3) is 3.20. The third-order valence-corrected chi connectivity index (χ3v) is 8.95. The fraction of sp³-hybridized carbons (Fsp3) is 0.550. The van der Waals surface area contributed by atoms with Crippen molar-refractivity contribution in [3.05, 3.63) is 35.3 Å². The van der Waals surface area contributed by atoms with Crippen LogP contribution < -0.4 is 10.0 Å². The highest BCUT2D eigenvalue weighted by atomic mass is 79.9. The van der Waals surface area contributed by atoms with Gasteiger partial charge in [0.05, 0.1) is 15.8 Å². The van der Waals surface area contributed by atoms with Gasteiger partial charge in [-0.3, -0.25) is 4.79 Å². The van der Waals surface area contributed by atoms with Crippen molar-refractivity contribution >= 4 is 37.5 Å². The largest absolute Gasteiger partial charge is 0.326 e. The topological polar surface area (TPSA) is 106 Å². The van der Waals surface area contributed by atoms with Crippen LogP contribution in [0.4, 0.5) is 5.69 Å². The molecule has 0 spiro atoms. The molecule has 160 valence electrons. The number of aromatic nitrogens is 3. The Hall–Kier alpha value is -1.78. The maximum atomic E-state index is 13.5. The van der Waals surface area contributed by atoms with E-state index in [4.69, 9.17) is 0 Å². The van der Waals surface area contributed by atoms with Crippen LogP contribution >= 0.6 is 15.9 Å². The number of anilines is 1. The van der Waals surface area contributed by atoms with Gasteiger partial charge in [-0.05, 0) is 97.6 Å². The van der Waals surface area contributed by atoms with E-state index in [2.05, 4.69) is 36.1 Å². The van der Waals surface area contributed by atoms with Crippen LogP contribution in [0, 0.1) is 17.3 Å². The summed E-state index contributed by atoms with van der Waals surface area (Å²) in [5.41, 5.74) is 0.0481. The van der Waals surface area contributed by atoms with Crippen molar-refractivity contribution in [3.8, 4) is 0 Å². The zero-order chi connectivity index (χ0) is 21.1. The third-order valence-electron chi connectivity index (χ3n) is 7.15. The molecule has 4 saturated carbocycles. The lowest BCUT2D eigenvalue weighted by molar-refractivity contribution is -0.150. The molecule has 8 nitrogen and oxygen atoms in total. The molecule has 4 bridgehead atoms. The van der Waals surface area contributed by atoms with Crippen molar-refractivity contribution in [2.75, 3.05) is 12.4 Å². The van der Waals surface area contributed by atoms with Crippen LogP contribution in [0.25, 0.3) is 0 Å². The summed E-state index contributed by atoms with van der Waals surface area (Å²) >= 11 is 3.35. The maximum Gasteiger partial charge on any atom is 0.240 e. The van der Waals surface area contributed by atoms with Gasteiger partial charge < -0.3 is 5.32 Å². The molecular formula is C20H24BrN5O3S. The molecule has 1 amide bonds. The minimum Gasteiger partial charge on any atom is -0.326 e. The molecule has 1 heterocycles. The Kier molecular flexibility index (Phi) is 4.61. The highest BCUT2D eigenvalue weighted by molar-refractivity contribution is 9.10. The lowest BCUT2D eigenvalue weighted by Crippen LogP contribution is -2.60. The molecule has 0 saturated heterocycles. The number of hydrogen-bond donors (Lipinski definition) is 2. The number of halogens is 1. The fourth-order valence-electron chi connectivity index (χ4n) is 6.32. The van der Waals surface area contributed by atoms with Crippen LogP contribution in [0.5, 0.6) is 0 Å². The molecular weight excluding hydrogens is 470 g/mol. The summed E-state index contributed by atoms with van der Waals surface area (Å²) in [5, 5.41) is 7.60. The Morgan fingerprint density at radius 2 is 1.83 bits per heavy atom. The van der Waals surface area contributed by atoms with E-state index in [0.29, 0.717) is 22.3 Å².